The second-order valence-corrected chi connectivity index (χ2v) is 3.99. The molecule has 0 spiro atoms. The van der Waals surface area contributed by atoms with Gasteiger partial charge in [0.05, 0.1) is 23.6 Å². The van der Waals surface area contributed by atoms with Crippen LogP contribution in [0.5, 0.6) is 0 Å². The Morgan fingerprint density at radius 2 is 2.00 bits per heavy atom. The summed E-state index contributed by atoms with van der Waals surface area (Å²) in [5, 5.41) is 0. The molecule has 1 aromatic carbocycles. The van der Waals surface area contributed by atoms with E-state index in [1.807, 2.05) is 30.3 Å². The molecule has 4 heteroatoms. The molecule has 0 bridgehead atoms. The van der Waals surface area contributed by atoms with Crippen molar-refractivity contribution in [3.63, 3.8) is 0 Å². The van der Waals surface area contributed by atoms with E-state index in [9.17, 15) is 4.79 Å². The fourth-order valence-electron chi connectivity index (χ4n) is 1.87. The van der Waals surface area contributed by atoms with E-state index < -0.39 is 0 Å². The predicted molar refractivity (Wildman–Crippen MR) is 70.7 cm³/mol. The zero-order valence-electron chi connectivity index (χ0n) is 10.5. The number of ether oxygens (including phenoxy) is 1. The lowest BCUT2D eigenvalue weighted by atomic mass is 10.1. The van der Waals surface area contributed by atoms with Gasteiger partial charge < -0.3 is 10.6 Å². The first-order valence-electron chi connectivity index (χ1n) is 5.85. The van der Waals surface area contributed by atoms with Gasteiger partial charge >= 0.3 is 5.97 Å². The van der Waals surface area contributed by atoms with Crippen LogP contribution in [-0.4, -0.2) is 17.3 Å². The fraction of sp³-hybridized carbons (Fsp3) is 0.214. The van der Waals surface area contributed by atoms with E-state index in [4.69, 9.17) is 10.6 Å². The van der Waals surface area contributed by atoms with E-state index >= 15 is 0 Å². The summed E-state index contributed by atoms with van der Waals surface area (Å²) in [7, 11) is 0. The van der Waals surface area contributed by atoms with E-state index in [2.05, 4.69) is 0 Å². The van der Waals surface area contributed by atoms with Gasteiger partial charge in [-0.15, -0.1) is 0 Å². The molecule has 0 radical (unpaired) electrons. The summed E-state index contributed by atoms with van der Waals surface area (Å²) in [5.74, 6) is 5.64. The molecule has 4 nitrogen and oxygen atoms in total. The Hall–Kier alpha value is -2.23. The third-order valence-corrected chi connectivity index (χ3v) is 2.86. The first-order valence-corrected chi connectivity index (χ1v) is 5.85. The summed E-state index contributed by atoms with van der Waals surface area (Å²) in [6, 6.07) is 11.5. The Bertz CT molecular complexity index is 559. The van der Waals surface area contributed by atoms with Gasteiger partial charge in [-0.1, -0.05) is 30.3 Å². The molecule has 0 amide bonds. The number of rotatable bonds is 3. The lowest BCUT2D eigenvalue weighted by molar-refractivity contribution is 0.0525. The molecule has 0 unspecified atom stereocenters. The number of carbonyl (C=O) groups is 1. The van der Waals surface area contributed by atoms with Crippen LogP contribution < -0.4 is 5.84 Å². The number of nitrogens with two attached hydrogens (primary N) is 1. The van der Waals surface area contributed by atoms with Gasteiger partial charge in [-0.25, -0.2) is 4.79 Å². The molecular formula is C14H16N2O2. The number of carbonyl (C=O) groups excluding carboxylic acids is 1. The Kier molecular flexibility index (Phi) is 3.37. The number of benzene rings is 1. The molecule has 0 saturated heterocycles. The number of nitrogen functional groups attached to an aromatic ring is 1. The summed E-state index contributed by atoms with van der Waals surface area (Å²) in [6.07, 6.45) is 0. The molecule has 2 aromatic rings. The smallest absolute Gasteiger partial charge is 0.340 e. The van der Waals surface area contributed by atoms with Gasteiger partial charge in [0.2, 0.25) is 0 Å². The van der Waals surface area contributed by atoms with Crippen LogP contribution in [0.15, 0.2) is 36.4 Å². The summed E-state index contributed by atoms with van der Waals surface area (Å²) >= 11 is 0. The van der Waals surface area contributed by atoms with Crippen molar-refractivity contribution in [2.24, 2.45) is 0 Å². The quantitative estimate of drug-likeness (QED) is 0.666. The molecule has 0 aliphatic carbocycles. The number of hydrogen-bond donors (Lipinski definition) is 1. The highest BCUT2D eigenvalue weighted by Gasteiger charge is 2.17. The van der Waals surface area contributed by atoms with E-state index in [-0.39, 0.29) is 5.97 Å². The first kappa shape index (κ1) is 12.2. The zero-order chi connectivity index (χ0) is 13.1. The molecule has 0 aliphatic heterocycles. The monoisotopic (exact) mass is 244 g/mol. The lowest BCUT2D eigenvalue weighted by Gasteiger charge is -2.04. The summed E-state index contributed by atoms with van der Waals surface area (Å²) < 4.78 is 6.52. The molecule has 2 N–H and O–H groups in total. The van der Waals surface area contributed by atoms with Crippen molar-refractivity contribution in [2.75, 3.05) is 12.4 Å². The highest BCUT2D eigenvalue weighted by Crippen LogP contribution is 2.24. The molecule has 0 saturated carbocycles. The minimum Gasteiger partial charge on any atom is -0.462 e. The van der Waals surface area contributed by atoms with Crippen molar-refractivity contribution >= 4 is 5.97 Å². The van der Waals surface area contributed by atoms with Gasteiger partial charge in [0, 0.05) is 5.56 Å². The van der Waals surface area contributed by atoms with Crippen molar-refractivity contribution in [1.29, 1.82) is 0 Å². The molecule has 0 fully saturated rings. The highest BCUT2D eigenvalue weighted by molar-refractivity contribution is 5.92. The number of aromatic nitrogens is 1. The van der Waals surface area contributed by atoms with Gasteiger partial charge in [-0.05, 0) is 19.9 Å². The average Bonchev–Trinajstić information content (AvgIpc) is 2.68. The summed E-state index contributed by atoms with van der Waals surface area (Å²) in [6.45, 7) is 3.94. The first-order chi connectivity index (χ1) is 8.65. The van der Waals surface area contributed by atoms with Gasteiger partial charge in [-0.2, -0.15) is 0 Å². The van der Waals surface area contributed by atoms with Gasteiger partial charge in [0.1, 0.15) is 0 Å². The Morgan fingerprint density at radius 1 is 1.33 bits per heavy atom. The molecule has 0 aliphatic rings. The zero-order valence-corrected chi connectivity index (χ0v) is 10.5. The molecule has 94 valence electrons. The Morgan fingerprint density at radius 3 is 2.61 bits per heavy atom. The topological polar surface area (TPSA) is 57.2 Å². The summed E-state index contributed by atoms with van der Waals surface area (Å²) in [5.41, 5.74) is 2.99. The maximum atomic E-state index is 11.8. The predicted octanol–water partition coefficient (Wildman–Crippen LogP) is 2.35. The highest BCUT2D eigenvalue weighted by atomic mass is 16.5. The van der Waals surface area contributed by atoms with Crippen LogP contribution in [0, 0.1) is 6.92 Å². The van der Waals surface area contributed by atoms with Crippen LogP contribution in [0.1, 0.15) is 23.0 Å². The Labute approximate surface area is 106 Å². The van der Waals surface area contributed by atoms with E-state index in [0.29, 0.717) is 17.9 Å². The van der Waals surface area contributed by atoms with Crippen molar-refractivity contribution in [1.82, 2.24) is 4.68 Å². The van der Waals surface area contributed by atoms with Crippen LogP contribution in [0.25, 0.3) is 11.3 Å². The van der Waals surface area contributed by atoms with E-state index in [1.54, 1.807) is 19.9 Å². The van der Waals surface area contributed by atoms with Crippen molar-refractivity contribution < 1.29 is 9.53 Å². The number of esters is 1. The molecule has 18 heavy (non-hydrogen) atoms. The van der Waals surface area contributed by atoms with Gasteiger partial charge in [-0.3, -0.25) is 4.68 Å². The lowest BCUT2D eigenvalue weighted by Crippen LogP contribution is -2.13. The largest absolute Gasteiger partial charge is 0.462 e. The van der Waals surface area contributed by atoms with Gasteiger partial charge in [0.15, 0.2) is 0 Å². The van der Waals surface area contributed by atoms with Crippen LogP contribution in [0.4, 0.5) is 0 Å². The van der Waals surface area contributed by atoms with Crippen LogP contribution in [0.3, 0.4) is 0 Å². The maximum absolute atomic E-state index is 11.8. The number of hydrogen-bond acceptors (Lipinski definition) is 3. The molecule has 0 atom stereocenters. The Balaban J connectivity index is 2.46. The third-order valence-electron chi connectivity index (χ3n) is 2.86. The molecule has 2 rings (SSSR count). The van der Waals surface area contributed by atoms with Crippen LogP contribution in [0.2, 0.25) is 0 Å². The second-order valence-electron chi connectivity index (χ2n) is 3.99. The van der Waals surface area contributed by atoms with Crippen LogP contribution >= 0.6 is 0 Å². The standard InChI is InChI=1S/C14H16N2O2/c1-3-18-14(17)12-9-13(16(15)10(12)2)11-7-5-4-6-8-11/h4-9H,3,15H2,1-2H3. The van der Waals surface area contributed by atoms with E-state index in [0.717, 1.165) is 11.3 Å². The van der Waals surface area contributed by atoms with Gasteiger partial charge in [0.25, 0.3) is 0 Å². The summed E-state index contributed by atoms with van der Waals surface area (Å²) in [4.78, 5) is 11.8. The molecule has 1 aromatic heterocycles. The van der Waals surface area contributed by atoms with Crippen molar-refractivity contribution in [3.05, 3.63) is 47.7 Å². The SMILES string of the molecule is CCOC(=O)c1cc(-c2ccccc2)n(N)c1C. The van der Waals surface area contributed by atoms with Crippen molar-refractivity contribution in [3.8, 4) is 11.3 Å². The average molecular weight is 244 g/mol. The molecular weight excluding hydrogens is 228 g/mol. The van der Waals surface area contributed by atoms with Crippen molar-refractivity contribution in [2.45, 2.75) is 13.8 Å². The molecule has 1 heterocycles. The van der Waals surface area contributed by atoms with Crippen LogP contribution in [-0.2, 0) is 4.74 Å². The minimum atomic E-state index is -0.337. The normalized spacial score (nSPS) is 10.3. The van der Waals surface area contributed by atoms with E-state index in [1.165, 1.54) is 4.68 Å². The minimum absolute atomic E-state index is 0.337. The third kappa shape index (κ3) is 2.09. The number of nitrogens with zero attached hydrogens (tertiary/aromatic N) is 1. The second kappa shape index (κ2) is 4.96. The fourth-order valence-corrected chi connectivity index (χ4v) is 1.87. The maximum Gasteiger partial charge on any atom is 0.340 e.